The standard InChI is InChI=1S/C17H24ClNO4/c1-4-23-9-5-8-19(11-13(3)17(21)22)16(20)15-10-14(18)7-6-12(15)2/h6-7,10,13H,4-5,8-9,11H2,1-3H3,(H,21,22). The first kappa shape index (κ1) is 19.5. The zero-order valence-electron chi connectivity index (χ0n) is 13.8. The number of hydrogen-bond acceptors (Lipinski definition) is 3. The van der Waals surface area contributed by atoms with E-state index in [2.05, 4.69) is 0 Å². The average Bonchev–Trinajstić information content (AvgIpc) is 2.51. The van der Waals surface area contributed by atoms with Crippen molar-refractivity contribution < 1.29 is 19.4 Å². The summed E-state index contributed by atoms with van der Waals surface area (Å²) in [6.45, 7) is 7.10. The van der Waals surface area contributed by atoms with Gasteiger partial charge in [0, 0.05) is 36.9 Å². The molecule has 0 bridgehead atoms. The van der Waals surface area contributed by atoms with Crippen LogP contribution < -0.4 is 0 Å². The van der Waals surface area contributed by atoms with Crippen LogP contribution in [0.25, 0.3) is 0 Å². The fourth-order valence-electron chi connectivity index (χ4n) is 2.18. The molecule has 1 N–H and O–H groups in total. The summed E-state index contributed by atoms with van der Waals surface area (Å²) in [5.74, 6) is -1.75. The molecule has 0 spiro atoms. The number of amides is 1. The minimum absolute atomic E-state index is 0.159. The topological polar surface area (TPSA) is 66.8 Å². The highest BCUT2D eigenvalue weighted by Crippen LogP contribution is 2.18. The van der Waals surface area contributed by atoms with Crippen LogP contribution in [0.2, 0.25) is 5.02 Å². The van der Waals surface area contributed by atoms with E-state index in [1.54, 1.807) is 30.0 Å². The number of ether oxygens (including phenoxy) is 1. The van der Waals surface area contributed by atoms with Gasteiger partial charge in [0.1, 0.15) is 0 Å². The van der Waals surface area contributed by atoms with Gasteiger partial charge in [-0.05, 0) is 38.0 Å². The van der Waals surface area contributed by atoms with Gasteiger partial charge in [-0.15, -0.1) is 0 Å². The molecule has 0 fully saturated rings. The van der Waals surface area contributed by atoms with Crippen LogP contribution in [0.4, 0.5) is 0 Å². The fourth-order valence-corrected chi connectivity index (χ4v) is 2.35. The molecule has 128 valence electrons. The van der Waals surface area contributed by atoms with Crippen molar-refractivity contribution in [1.82, 2.24) is 4.90 Å². The van der Waals surface area contributed by atoms with E-state index >= 15 is 0 Å². The quantitative estimate of drug-likeness (QED) is 0.700. The summed E-state index contributed by atoms with van der Waals surface area (Å²) in [6.07, 6.45) is 0.658. The lowest BCUT2D eigenvalue weighted by atomic mass is 10.1. The predicted molar refractivity (Wildman–Crippen MR) is 90.0 cm³/mol. The van der Waals surface area contributed by atoms with Gasteiger partial charge in [-0.2, -0.15) is 0 Å². The lowest BCUT2D eigenvalue weighted by Crippen LogP contribution is -2.38. The maximum absolute atomic E-state index is 12.8. The monoisotopic (exact) mass is 341 g/mol. The normalized spacial score (nSPS) is 12.0. The Balaban J connectivity index is 2.89. The number of carbonyl (C=O) groups excluding carboxylic acids is 1. The smallest absolute Gasteiger partial charge is 0.308 e. The number of carboxylic acid groups (broad SMARTS) is 1. The maximum atomic E-state index is 12.8. The first-order valence-corrected chi connectivity index (χ1v) is 8.10. The Labute approximate surface area is 142 Å². The molecule has 0 heterocycles. The largest absolute Gasteiger partial charge is 0.481 e. The zero-order valence-corrected chi connectivity index (χ0v) is 14.6. The summed E-state index contributed by atoms with van der Waals surface area (Å²) < 4.78 is 5.29. The van der Waals surface area contributed by atoms with E-state index < -0.39 is 11.9 Å². The van der Waals surface area contributed by atoms with Gasteiger partial charge in [0.2, 0.25) is 0 Å². The third-order valence-corrected chi connectivity index (χ3v) is 3.79. The molecule has 1 amide bonds. The van der Waals surface area contributed by atoms with Crippen LogP contribution >= 0.6 is 11.6 Å². The molecule has 0 aliphatic rings. The third kappa shape index (κ3) is 6.20. The van der Waals surface area contributed by atoms with Gasteiger partial charge in [-0.3, -0.25) is 9.59 Å². The molecule has 1 aromatic carbocycles. The zero-order chi connectivity index (χ0) is 17.4. The molecule has 6 heteroatoms. The molecular formula is C17H24ClNO4. The molecule has 0 aliphatic carbocycles. The number of nitrogens with zero attached hydrogens (tertiary/aromatic N) is 1. The van der Waals surface area contributed by atoms with Crippen molar-refractivity contribution in [3.8, 4) is 0 Å². The van der Waals surface area contributed by atoms with Crippen molar-refractivity contribution in [2.24, 2.45) is 5.92 Å². The average molecular weight is 342 g/mol. The molecule has 0 radical (unpaired) electrons. The van der Waals surface area contributed by atoms with Crippen molar-refractivity contribution in [1.29, 1.82) is 0 Å². The Bertz CT molecular complexity index is 547. The van der Waals surface area contributed by atoms with E-state index in [1.165, 1.54) is 0 Å². The number of carbonyl (C=O) groups is 2. The number of benzene rings is 1. The van der Waals surface area contributed by atoms with Crippen LogP contribution in [0, 0.1) is 12.8 Å². The first-order chi connectivity index (χ1) is 10.9. The van der Waals surface area contributed by atoms with Crippen molar-refractivity contribution in [2.75, 3.05) is 26.3 Å². The molecule has 5 nitrogen and oxygen atoms in total. The maximum Gasteiger partial charge on any atom is 0.308 e. The van der Waals surface area contributed by atoms with Crippen LogP contribution in [0.1, 0.15) is 36.2 Å². The molecule has 1 atom stereocenters. The molecule has 0 aromatic heterocycles. The van der Waals surface area contributed by atoms with Gasteiger partial charge in [-0.1, -0.05) is 24.6 Å². The summed E-state index contributed by atoms with van der Waals surface area (Å²) in [7, 11) is 0. The van der Waals surface area contributed by atoms with Gasteiger partial charge in [0.25, 0.3) is 5.91 Å². The SMILES string of the molecule is CCOCCCN(CC(C)C(=O)O)C(=O)c1cc(Cl)ccc1C. The van der Waals surface area contributed by atoms with Crippen molar-refractivity contribution in [2.45, 2.75) is 27.2 Å². The fraction of sp³-hybridized carbons (Fsp3) is 0.529. The second kappa shape index (κ2) is 9.53. The number of halogens is 1. The molecule has 1 unspecified atom stereocenters. The summed E-state index contributed by atoms with van der Waals surface area (Å²) in [5.41, 5.74) is 1.32. The van der Waals surface area contributed by atoms with Gasteiger partial charge in [0.05, 0.1) is 5.92 Å². The third-order valence-electron chi connectivity index (χ3n) is 3.55. The van der Waals surface area contributed by atoms with Crippen molar-refractivity contribution in [3.63, 3.8) is 0 Å². The Morgan fingerprint density at radius 2 is 2.09 bits per heavy atom. The van der Waals surface area contributed by atoms with Crippen LogP contribution in [0.3, 0.4) is 0 Å². The number of carboxylic acids is 1. The van der Waals surface area contributed by atoms with Gasteiger partial charge in [0.15, 0.2) is 0 Å². The molecule has 0 saturated heterocycles. The Morgan fingerprint density at radius 1 is 1.39 bits per heavy atom. The van der Waals surface area contributed by atoms with E-state index in [0.29, 0.717) is 36.8 Å². The Kier molecular flexibility index (Phi) is 8.06. The number of hydrogen-bond donors (Lipinski definition) is 1. The summed E-state index contributed by atoms with van der Waals surface area (Å²) >= 11 is 5.98. The second-order valence-electron chi connectivity index (χ2n) is 5.50. The number of aryl methyl sites for hydroxylation is 1. The highest BCUT2D eigenvalue weighted by molar-refractivity contribution is 6.31. The first-order valence-electron chi connectivity index (χ1n) is 7.72. The number of aliphatic carboxylic acids is 1. The van der Waals surface area contributed by atoms with Gasteiger partial charge in [-0.25, -0.2) is 0 Å². The molecule has 0 saturated carbocycles. The van der Waals surface area contributed by atoms with E-state index in [0.717, 1.165) is 5.56 Å². The lowest BCUT2D eigenvalue weighted by Gasteiger charge is -2.25. The molecule has 1 aromatic rings. The van der Waals surface area contributed by atoms with Gasteiger partial charge < -0.3 is 14.7 Å². The number of rotatable bonds is 9. The van der Waals surface area contributed by atoms with Crippen LogP contribution in [0.15, 0.2) is 18.2 Å². The predicted octanol–water partition coefficient (Wildman–Crippen LogP) is 3.24. The van der Waals surface area contributed by atoms with E-state index in [4.69, 9.17) is 21.4 Å². The Hall–Kier alpha value is -1.59. The minimum atomic E-state index is -0.921. The summed E-state index contributed by atoms with van der Waals surface area (Å²) in [6, 6.07) is 5.14. The van der Waals surface area contributed by atoms with E-state index in [1.807, 2.05) is 13.8 Å². The molecular weight excluding hydrogens is 318 g/mol. The molecule has 1 rings (SSSR count). The highest BCUT2D eigenvalue weighted by atomic mass is 35.5. The van der Waals surface area contributed by atoms with Crippen molar-refractivity contribution >= 4 is 23.5 Å². The van der Waals surface area contributed by atoms with E-state index in [-0.39, 0.29) is 12.5 Å². The van der Waals surface area contributed by atoms with Crippen LogP contribution in [-0.2, 0) is 9.53 Å². The van der Waals surface area contributed by atoms with Crippen molar-refractivity contribution in [3.05, 3.63) is 34.3 Å². The highest BCUT2D eigenvalue weighted by Gasteiger charge is 2.22. The summed E-state index contributed by atoms with van der Waals surface area (Å²) in [5, 5.41) is 9.59. The van der Waals surface area contributed by atoms with Crippen LogP contribution in [-0.4, -0.2) is 48.2 Å². The van der Waals surface area contributed by atoms with Crippen LogP contribution in [0.5, 0.6) is 0 Å². The second-order valence-corrected chi connectivity index (χ2v) is 5.94. The molecule has 0 aliphatic heterocycles. The minimum Gasteiger partial charge on any atom is -0.481 e. The summed E-state index contributed by atoms with van der Waals surface area (Å²) in [4.78, 5) is 25.4. The van der Waals surface area contributed by atoms with E-state index in [9.17, 15) is 9.59 Å². The lowest BCUT2D eigenvalue weighted by molar-refractivity contribution is -0.141. The molecule has 23 heavy (non-hydrogen) atoms. The Morgan fingerprint density at radius 3 is 2.70 bits per heavy atom. The van der Waals surface area contributed by atoms with Gasteiger partial charge >= 0.3 is 5.97 Å².